The van der Waals surface area contributed by atoms with Gasteiger partial charge in [-0.1, -0.05) is 0 Å². The lowest BCUT2D eigenvalue weighted by Gasteiger charge is -2.04. The van der Waals surface area contributed by atoms with Crippen molar-refractivity contribution in [1.82, 2.24) is 0 Å². The fourth-order valence-electron chi connectivity index (χ4n) is 0.201. The van der Waals surface area contributed by atoms with E-state index in [4.69, 9.17) is 0 Å². The normalized spacial score (nSPS) is 14.7. The van der Waals surface area contributed by atoms with Gasteiger partial charge in [-0.15, -0.1) is 3.63 Å². The molecule has 0 fully saturated rings. The summed E-state index contributed by atoms with van der Waals surface area (Å²) in [7, 11) is -10.7. The summed E-state index contributed by atoms with van der Waals surface area (Å²) in [4.78, 5) is 0. The Labute approximate surface area is 66.4 Å². The number of halogens is 3. The van der Waals surface area contributed by atoms with Gasteiger partial charge in [-0.05, 0) is 0 Å². The van der Waals surface area contributed by atoms with Gasteiger partial charge in [0.2, 0.25) is 0 Å². The van der Waals surface area contributed by atoms with E-state index in [2.05, 4.69) is 3.63 Å². The first-order valence-corrected chi connectivity index (χ1v) is 5.40. The second-order valence-corrected chi connectivity index (χ2v) is 5.00. The molecule has 0 aliphatic carbocycles. The van der Waals surface area contributed by atoms with Crippen LogP contribution in [0.15, 0.2) is 0 Å². The predicted octanol–water partition coefficient (Wildman–Crippen LogP) is -0.188. The lowest BCUT2D eigenvalue weighted by atomic mass is 11.6. The van der Waals surface area contributed by atoms with Crippen LogP contribution in [-0.2, 0) is 23.9 Å². The molecule has 0 rings (SSSR count). The summed E-state index contributed by atoms with van der Waals surface area (Å²) in [6, 6.07) is 0. The molecule has 0 aliphatic rings. The van der Waals surface area contributed by atoms with Crippen LogP contribution in [0.5, 0.6) is 0 Å². The lowest BCUT2D eigenvalue weighted by molar-refractivity contribution is -0.0498. The number of hydrogen-bond donors (Lipinski definition) is 0. The summed E-state index contributed by atoms with van der Waals surface area (Å²) in [5.74, 6) is 0. The van der Waals surface area contributed by atoms with Gasteiger partial charge in [-0.2, -0.15) is 30.0 Å². The fraction of sp³-hybridized carbons (Fsp3) is 1.00. The molecule has 0 unspecified atom stereocenters. The molecule has 10 heteroatoms. The summed E-state index contributed by atoms with van der Waals surface area (Å²) in [5.41, 5.74) is -5.73. The van der Waals surface area contributed by atoms with Gasteiger partial charge < -0.3 is 0 Å². The van der Waals surface area contributed by atoms with E-state index in [0.717, 1.165) is 0 Å². The second-order valence-electron chi connectivity index (χ2n) is 1.67. The first-order chi connectivity index (χ1) is 4.96. The Morgan fingerprint density at radius 2 is 1.42 bits per heavy atom. The van der Waals surface area contributed by atoms with Crippen molar-refractivity contribution in [2.45, 2.75) is 5.51 Å². The summed E-state index contributed by atoms with van der Waals surface area (Å²) in [6.07, 6.45) is 0.191. The minimum absolute atomic E-state index is 0.191. The third-order valence-corrected chi connectivity index (χ3v) is 2.77. The van der Waals surface area contributed by atoms with E-state index in [1.54, 1.807) is 0 Å². The molecule has 0 amide bonds. The quantitative estimate of drug-likeness (QED) is 0.612. The van der Waals surface area contributed by atoms with E-state index >= 15 is 0 Å². The maximum Gasteiger partial charge on any atom is 0.524 e. The average Bonchev–Trinajstić information content (AvgIpc) is 1.52. The Kier molecular flexibility index (Phi) is 2.77. The van der Waals surface area contributed by atoms with Crippen molar-refractivity contribution in [3.8, 4) is 0 Å². The molecule has 0 aromatic heterocycles. The van der Waals surface area contributed by atoms with Crippen LogP contribution in [-0.4, -0.2) is 28.6 Å². The van der Waals surface area contributed by atoms with Gasteiger partial charge in [0.15, 0.2) is 0 Å². The van der Waals surface area contributed by atoms with Crippen molar-refractivity contribution < 1.29 is 33.6 Å². The van der Waals surface area contributed by atoms with E-state index in [0.29, 0.717) is 0 Å². The van der Waals surface area contributed by atoms with E-state index in [-0.39, 0.29) is 6.26 Å². The topological polar surface area (TPSA) is 77.5 Å². The molecule has 0 spiro atoms. The van der Waals surface area contributed by atoms with E-state index in [1.807, 2.05) is 0 Å². The van der Waals surface area contributed by atoms with Gasteiger partial charge in [-0.3, -0.25) is 0 Å². The Balaban J connectivity index is 4.96. The van der Waals surface area contributed by atoms with E-state index in [9.17, 15) is 30.0 Å². The second kappa shape index (κ2) is 2.85. The zero-order chi connectivity index (χ0) is 10.2. The molecule has 5 nitrogen and oxygen atoms in total. The molecule has 0 aromatic rings. The molecule has 0 atom stereocenters. The number of hydrogen-bond acceptors (Lipinski definition) is 5. The van der Waals surface area contributed by atoms with Crippen molar-refractivity contribution >= 4 is 20.2 Å². The van der Waals surface area contributed by atoms with Gasteiger partial charge in [0.05, 0.1) is 6.26 Å². The summed E-state index contributed by atoms with van der Waals surface area (Å²) >= 11 is 0. The maximum absolute atomic E-state index is 11.4. The average molecular weight is 228 g/mol. The van der Waals surface area contributed by atoms with Crippen LogP contribution in [0.4, 0.5) is 13.2 Å². The van der Waals surface area contributed by atoms with Crippen molar-refractivity contribution in [2.24, 2.45) is 0 Å². The van der Waals surface area contributed by atoms with Gasteiger partial charge in [0, 0.05) is 0 Å². The molecule has 0 N–H and O–H groups in total. The van der Waals surface area contributed by atoms with E-state index < -0.39 is 25.7 Å². The van der Waals surface area contributed by atoms with Crippen LogP contribution in [0.25, 0.3) is 0 Å². The Morgan fingerprint density at radius 1 is 1.08 bits per heavy atom. The van der Waals surface area contributed by atoms with Crippen molar-refractivity contribution in [1.29, 1.82) is 0 Å². The van der Waals surface area contributed by atoms with Gasteiger partial charge in [-0.25, -0.2) is 0 Å². The van der Waals surface area contributed by atoms with Crippen LogP contribution < -0.4 is 0 Å². The zero-order valence-electron chi connectivity index (χ0n) is 5.49. The highest BCUT2D eigenvalue weighted by atomic mass is 32.3. The number of alkyl halides is 3. The predicted molar refractivity (Wildman–Crippen MR) is 30.9 cm³/mol. The molecular formula is C2H3F3O5S2. The maximum atomic E-state index is 11.4. The smallest absolute Gasteiger partial charge is 0.199 e. The standard InChI is InChI=1S/C2H3F3O5S2/c1-11(6,7)10-12(8,9)2(3,4)5/h1H3. The molecule has 0 heterocycles. The first kappa shape index (κ1) is 11.6. The zero-order valence-corrected chi connectivity index (χ0v) is 7.12. The Bertz CT molecular complexity index is 347. The highest BCUT2D eigenvalue weighted by Gasteiger charge is 2.49. The molecule has 0 aliphatic heterocycles. The third-order valence-electron chi connectivity index (χ3n) is 0.497. The summed E-state index contributed by atoms with van der Waals surface area (Å²) < 4.78 is 76.8. The Morgan fingerprint density at radius 3 is 1.50 bits per heavy atom. The molecule has 0 saturated carbocycles. The molecule has 0 saturated heterocycles. The van der Waals surface area contributed by atoms with Gasteiger partial charge in [0.1, 0.15) is 0 Å². The van der Waals surface area contributed by atoms with Crippen LogP contribution in [0, 0.1) is 0 Å². The molecule has 0 bridgehead atoms. The van der Waals surface area contributed by atoms with E-state index in [1.165, 1.54) is 0 Å². The molecule has 12 heavy (non-hydrogen) atoms. The summed E-state index contributed by atoms with van der Waals surface area (Å²) in [5, 5.41) is 0. The monoisotopic (exact) mass is 228 g/mol. The Hall–Kier alpha value is -0.350. The summed E-state index contributed by atoms with van der Waals surface area (Å²) in [6.45, 7) is 0. The molecular weight excluding hydrogens is 225 g/mol. The minimum Gasteiger partial charge on any atom is -0.199 e. The lowest BCUT2D eigenvalue weighted by Crippen LogP contribution is -2.27. The van der Waals surface area contributed by atoms with Crippen LogP contribution in [0.3, 0.4) is 0 Å². The van der Waals surface area contributed by atoms with Crippen molar-refractivity contribution in [2.75, 3.05) is 6.26 Å². The first-order valence-electron chi connectivity index (χ1n) is 2.18. The van der Waals surface area contributed by atoms with Crippen molar-refractivity contribution in [3.63, 3.8) is 0 Å². The third kappa shape index (κ3) is 3.36. The highest BCUT2D eigenvalue weighted by molar-refractivity contribution is 7.99. The van der Waals surface area contributed by atoms with Gasteiger partial charge >= 0.3 is 15.6 Å². The molecule has 74 valence electrons. The fourth-order valence-corrected chi connectivity index (χ4v) is 1.81. The van der Waals surface area contributed by atoms with Crippen LogP contribution >= 0.6 is 0 Å². The SMILES string of the molecule is CS(=O)(=O)OS(=O)(=O)C(F)(F)F. The molecule has 0 aromatic carbocycles. The van der Waals surface area contributed by atoms with Crippen LogP contribution in [0.2, 0.25) is 0 Å². The van der Waals surface area contributed by atoms with Crippen molar-refractivity contribution in [3.05, 3.63) is 0 Å². The van der Waals surface area contributed by atoms with Gasteiger partial charge in [0.25, 0.3) is 10.1 Å². The van der Waals surface area contributed by atoms with Crippen LogP contribution in [0.1, 0.15) is 0 Å². The largest absolute Gasteiger partial charge is 0.524 e. The number of rotatable bonds is 2. The molecule has 0 radical (unpaired) electrons. The minimum atomic E-state index is -6.04. The highest BCUT2D eigenvalue weighted by Crippen LogP contribution is 2.25.